The fourth-order valence-corrected chi connectivity index (χ4v) is 8.39. The number of hydrogen-bond donors (Lipinski definition) is 2. The van der Waals surface area contributed by atoms with Crippen LogP contribution in [0.5, 0.6) is 0 Å². The highest BCUT2D eigenvalue weighted by Crippen LogP contribution is 2.69. The van der Waals surface area contributed by atoms with Crippen LogP contribution in [0.25, 0.3) is 0 Å². The van der Waals surface area contributed by atoms with Gasteiger partial charge in [0, 0.05) is 11.5 Å². The molecule has 1 heterocycles. The average molecular weight is 375 g/mol. The van der Waals surface area contributed by atoms with Crippen LogP contribution in [0.3, 0.4) is 0 Å². The Balaban J connectivity index is 1.47. The third-order valence-corrected chi connectivity index (χ3v) is 9.96. The molecule has 4 saturated carbocycles. The van der Waals surface area contributed by atoms with E-state index in [0.717, 1.165) is 56.9 Å². The Morgan fingerprint density at radius 1 is 1.04 bits per heavy atom. The first-order chi connectivity index (χ1) is 12.8. The van der Waals surface area contributed by atoms with E-state index in [9.17, 15) is 15.0 Å². The fraction of sp³-hybridized carbons (Fsp3) is 0.870. The Kier molecular flexibility index (Phi) is 3.92. The van der Waals surface area contributed by atoms with E-state index >= 15 is 0 Å². The minimum absolute atomic E-state index is 0.126. The lowest BCUT2D eigenvalue weighted by Gasteiger charge is -2.63. The van der Waals surface area contributed by atoms with E-state index in [0.29, 0.717) is 24.4 Å². The van der Waals surface area contributed by atoms with E-state index < -0.39 is 5.60 Å². The summed E-state index contributed by atoms with van der Waals surface area (Å²) >= 11 is 0. The number of ether oxygens (including phenoxy) is 1. The second-order valence-electron chi connectivity index (χ2n) is 10.7. The number of carbonyl (C=O) groups excluding carboxylic acids is 1. The molecule has 2 unspecified atom stereocenters. The van der Waals surface area contributed by atoms with E-state index in [4.69, 9.17) is 4.74 Å². The molecule has 0 saturated heterocycles. The summed E-state index contributed by atoms with van der Waals surface area (Å²) in [5, 5.41) is 22.3. The van der Waals surface area contributed by atoms with Crippen LogP contribution in [0.4, 0.5) is 0 Å². The molecule has 0 radical (unpaired) electrons. The molecule has 0 aromatic carbocycles. The molecule has 8 atom stereocenters. The van der Waals surface area contributed by atoms with Crippen molar-refractivity contribution in [1.82, 2.24) is 0 Å². The molecule has 2 N–H and O–H groups in total. The van der Waals surface area contributed by atoms with E-state index in [-0.39, 0.29) is 28.8 Å². The highest BCUT2D eigenvalue weighted by molar-refractivity contribution is 5.85. The maximum atomic E-state index is 12.1. The lowest BCUT2D eigenvalue weighted by atomic mass is 9.43. The van der Waals surface area contributed by atoms with Crippen LogP contribution in [0.1, 0.15) is 71.6 Å². The SMILES string of the molecule is C[C@]12CCC(O)CC1CC[C@@H]1[C@@H]2CC[C@]2(C)[C@@H](C3=CC(=O)OC3)CC[C@]12O. The van der Waals surface area contributed by atoms with E-state index in [1.165, 1.54) is 6.42 Å². The molecule has 0 aromatic rings. The molecular weight excluding hydrogens is 340 g/mol. The van der Waals surface area contributed by atoms with Crippen molar-refractivity contribution in [1.29, 1.82) is 0 Å². The molecule has 0 amide bonds. The van der Waals surface area contributed by atoms with Crippen molar-refractivity contribution >= 4 is 5.97 Å². The Bertz CT molecular complexity index is 686. The topological polar surface area (TPSA) is 66.8 Å². The van der Waals surface area contributed by atoms with E-state index in [2.05, 4.69) is 13.8 Å². The molecule has 0 aromatic heterocycles. The summed E-state index contributed by atoms with van der Waals surface area (Å²) < 4.78 is 5.20. The summed E-state index contributed by atoms with van der Waals surface area (Å²) in [5.41, 5.74) is 0.600. The molecular formula is C23H34O4. The van der Waals surface area contributed by atoms with Crippen molar-refractivity contribution in [2.75, 3.05) is 6.61 Å². The Morgan fingerprint density at radius 2 is 1.85 bits per heavy atom. The van der Waals surface area contributed by atoms with Crippen LogP contribution in [-0.4, -0.2) is 34.5 Å². The lowest BCUT2D eigenvalue weighted by Crippen LogP contribution is -2.62. The van der Waals surface area contributed by atoms with Gasteiger partial charge in [0.05, 0.1) is 11.7 Å². The Labute approximate surface area is 162 Å². The van der Waals surface area contributed by atoms with Crippen molar-refractivity contribution < 1.29 is 19.7 Å². The van der Waals surface area contributed by atoms with Gasteiger partial charge in [0.2, 0.25) is 0 Å². The molecule has 4 aliphatic carbocycles. The highest BCUT2D eigenvalue weighted by Gasteiger charge is 2.67. The van der Waals surface area contributed by atoms with Crippen LogP contribution in [0.15, 0.2) is 11.6 Å². The molecule has 4 fully saturated rings. The van der Waals surface area contributed by atoms with Crippen molar-refractivity contribution in [2.24, 2.45) is 34.5 Å². The van der Waals surface area contributed by atoms with E-state index in [1.54, 1.807) is 6.08 Å². The predicted octanol–water partition coefficient (Wildman–Crippen LogP) is 3.60. The van der Waals surface area contributed by atoms with Gasteiger partial charge in [-0.15, -0.1) is 0 Å². The fourth-order valence-electron chi connectivity index (χ4n) is 8.39. The third-order valence-electron chi connectivity index (χ3n) is 9.96. The van der Waals surface area contributed by atoms with Crippen molar-refractivity contribution in [3.05, 3.63) is 11.6 Å². The summed E-state index contributed by atoms with van der Waals surface area (Å²) in [6, 6.07) is 0. The van der Waals surface area contributed by atoms with Crippen molar-refractivity contribution in [2.45, 2.75) is 83.3 Å². The van der Waals surface area contributed by atoms with Crippen LogP contribution >= 0.6 is 0 Å². The zero-order chi connectivity index (χ0) is 19.0. The maximum Gasteiger partial charge on any atom is 0.331 e. The Hall–Kier alpha value is -0.870. The molecule has 1 aliphatic heterocycles. The summed E-state index contributed by atoms with van der Waals surface area (Å²) in [4.78, 5) is 11.6. The van der Waals surface area contributed by atoms with Gasteiger partial charge in [-0.1, -0.05) is 13.8 Å². The summed E-state index contributed by atoms with van der Waals surface area (Å²) in [6.45, 7) is 5.15. The van der Waals surface area contributed by atoms with Gasteiger partial charge < -0.3 is 14.9 Å². The highest BCUT2D eigenvalue weighted by atomic mass is 16.5. The van der Waals surface area contributed by atoms with Crippen LogP contribution < -0.4 is 0 Å². The molecule has 5 aliphatic rings. The summed E-state index contributed by atoms with van der Waals surface area (Å²) in [5.74, 6) is 1.59. The van der Waals surface area contributed by atoms with Crippen LogP contribution in [-0.2, 0) is 9.53 Å². The molecule has 5 rings (SSSR count). The zero-order valence-corrected chi connectivity index (χ0v) is 16.7. The van der Waals surface area contributed by atoms with Gasteiger partial charge in [-0.05, 0) is 92.4 Å². The molecule has 4 heteroatoms. The van der Waals surface area contributed by atoms with E-state index in [1.807, 2.05) is 0 Å². The first kappa shape index (κ1) is 18.2. The Morgan fingerprint density at radius 3 is 2.59 bits per heavy atom. The molecule has 150 valence electrons. The number of cyclic esters (lactones) is 1. The number of rotatable bonds is 1. The van der Waals surface area contributed by atoms with Crippen LogP contribution in [0.2, 0.25) is 0 Å². The average Bonchev–Trinajstić information content (AvgIpc) is 3.16. The van der Waals surface area contributed by atoms with Gasteiger partial charge in [0.25, 0.3) is 0 Å². The lowest BCUT2D eigenvalue weighted by molar-refractivity contribution is -0.208. The smallest absolute Gasteiger partial charge is 0.331 e. The number of aliphatic hydroxyl groups excluding tert-OH is 1. The normalized spacial score (nSPS) is 54.6. The second kappa shape index (κ2) is 5.82. The number of carbonyl (C=O) groups is 1. The van der Waals surface area contributed by atoms with Gasteiger partial charge in [-0.2, -0.15) is 0 Å². The largest absolute Gasteiger partial charge is 0.458 e. The minimum atomic E-state index is -0.628. The van der Waals surface area contributed by atoms with Gasteiger partial charge in [-0.25, -0.2) is 4.79 Å². The quantitative estimate of drug-likeness (QED) is 0.688. The number of fused-ring (bicyclic) bond motifs is 5. The van der Waals surface area contributed by atoms with Crippen molar-refractivity contribution in [3.63, 3.8) is 0 Å². The third kappa shape index (κ3) is 2.32. The monoisotopic (exact) mass is 374 g/mol. The molecule has 0 spiro atoms. The summed E-state index contributed by atoms with van der Waals surface area (Å²) in [7, 11) is 0. The number of esters is 1. The first-order valence-electron chi connectivity index (χ1n) is 11.1. The summed E-state index contributed by atoms with van der Waals surface area (Å²) in [6.07, 6.45) is 10.8. The van der Waals surface area contributed by atoms with Gasteiger partial charge in [0.15, 0.2) is 0 Å². The minimum Gasteiger partial charge on any atom is -0.458 e. The van der Waals surface area contributed by atoms with Gasteiger partial charge in [0.1, 0.15) is 6.61 Å². The van der Waals surface area contributed by atoms with Gasteiger partial charge >= 0.3 is 5.97 Å². The molecule has 27 heavy (non-hydrogen) atoms. The van der Waals surface area contributed by atoms with Crippen LogP contribution in [0, 0.1) is 34.5 Å². The first-order valence-corrected chi connectivity index (χ1v) is 11.1. The van der Waals surface area contributed by atoms with Crippen molar-refractivity contribution in [3.8, 4) is 0 Å². The maximum absolute atomic E-state index is 12.1. The number of aliphatic hydroxyl groups is 2. The molecule has 4 nitrogen and oxygen atoms in total. The number of hydrogen-bond acceptors (Lipinski definition) is 4. The second-order valence-corrected chi connectivity index (χ2v) is 10.7. The zero-order valence-electron chi connectivity index (χ0n) is 16.7. The predicted molar refractivity (Wildman–Crippen MR) is 102 cm³/mol. The van der Waals surface area contributed by atoms with Gasteiger partial charge in [-0.3, -0.25) is 0 Å². The standard InChI is InChI=1S/C23H34O4/c1-21-8-5-16(24)12-15(21)3-4-19-18(21)6-9-22(2)17(7-10-23(19,22)26)14-11-20(25)27-13-14/h11,15-19,24,26H,3-10,12-13H2,1-2H3/t15?,16?,17-,18+,19-,21+,22-,23+/m1/s1. The molecule has 0 bridgehead atoms.